The van der Waals surface area contributed by atoms with Gasteiger partial charge in [-0.3, -0.25) is 4.79 Å². The van der Waals surface area contributed by atoms with E-state index in [9.17, 15) is 14.7 Å². The average molecular weight is 415 g/mol. The maximum atomic E-state index is 12.1. The Morgan fingerprint density at radius 1 is 1.33 bits per heavy atom. The zero-order valence-electron chi connectivity index (χ0n) is 18.2. The Morgan fingerprint density at radius 2 is 2.13 bits per heavy atom. The number of carbonyl (C=O) groups is 2. The maximum absolute atomic E-state index is 12.1. The highest BCUT2D eigenvalue weighted by Crippen LogP contribution is 2.69. The predicted molar refractivity (Wildman–Crippen MR) is 111 cm³/mol. The molecule has 0 amide bonds. The number of ether oxygens (including phenoxy) is 2. The largest absolute Gasteiger partial charge is 0.459 e. The molecular formula is C25H34O5. The minimum Gasteiger partial charge on any atom is -0.459 e. The van der Waals surface area contributed by atoms with Gasteiger partial charge in [-0.05, 0) is 91.8 Å². The number of hydrogen-bond acceptors (Lipinski definition) is 5. The van der Waals surface area contributed by atoms with Gasteiger partial charge in [0.2, 0.25) is 0 Å². The molecule has 5 heteroatoms. The number of rotatable bonds is 4. The van der Waals surface area contributed by atoms with E-state index in [0.29, 0.717) is 30.1 Å². The zero-order chi connectivity index (χ0) is 21.3. The van der Waals surface area contributed by atoms with Crippen LogP contribution in [0.3, 0.4) is 0 Å². The van der Waals surface area contributed by atoms with E-state index in [4.69, 9.17) is 9.47 Å². The number of esters is 1. The molecule has 4 fully saturated rings. The first-order valence-corrected chi connectivity index (χ1v) is 11.6. The molecule has 30 heavy (non-hydrogen) atoms. The van der Waals surface area contributed by atoms with Gasteiger partial charge in [-0.2, -0.15) is 0 Å². The van der Waals surface area contributed by atoms with Crippen molar-refractivity contribution in [2.45, 2.75) is 71.0 Å². The molecule has 0 aromatic heterocycles. The predicted octanol–water partition coefficient (Wildman–Crippen LogP) is 3.60. The van der Waals surface area contributed by atoms with Crippen molar-refractivity contribution >= 4 is 11.8 Å². The molecule has 0 radical (unpaired) electrons. The first-order chi connectivity index (χ1) is 14.3. The quantitative estimate of drug-likeness (QED) is 0.562. The van der Waals surface area contributed by atoms with E-state index < -0.39 is 12.1 Å². The summed E-state index contributed by atoms with van der Waals surface area (Å²) in [6.07, 6.45) is 8.25. The molecule has 1 aliphatic heterocycles. The molecule has 5 rings (SSSR count). The van der Waals surface area contributed by atoms with Gasteiger partial charge in [0, 0.05) is 11.8 Å². The summed E-state index contributed by atoms with van der Waals surface area (Å²) >= 11 is 0. The molecular weight excluding hydrogens is 380 g/mol. The zero-order valence-corrected chi connectivity index (χ0v) is 18.2. The summed E-state index contributed by atoms with van der Waals surface area (Å²) in [6.45, 7) is 9.15. The van der Waals surface area contributed by atoms with Crippen molar-refractivity contribution in [3.8, 4) is 0 Å². The summed E-state index contributed by atoms with van der Waals surface area (Å²) in [5, 5.41) is 9.39. The molecule has 164 valence electrons. The van der Waals surface area contributed by atoms with Crippen LogP contribution >= 0.6 is 0 Å². The Hall–Kier alpha value is -1.46. The number of fused-ring (bicyclic) bond motifs is 3. The number of carbonyl (C=O) groups excluding carboxylic acids is 2. The Balaban J connectivity index is 1.36. The lowest BCUT2D eigenvalue weighted by atomic mass is 9.46. The molecule has 4 aliphatic carbocycles. The third kappa shape index (κ3) is 2.81. The van der Waals surface area contributed by atoms with Crippen LogP contribution in [0.15, 0.2) is 23.8 Å². The second-order valence-electron chi connectivity index (χ2n) is 10.8. The van der Waals surface area contributed by atoms with Gasteiger partial charge in [-0.1, -0.05) is 13.5 Å². The molecule has 1 heterocycles. The smallest absolute Gasteiger partial charge is 0.334 e. The lowest BCUT2D eigenvalue weighted by Crippen LogP contribution is -2.52. The van der Waals surface area contributed by atoms with E-state index in [0.717, 1.165) is 37.9 Å². The number of aliphatic hydroxyl groups excluding tert-OH is 1. The van der Waals surface area contributed by atoms with E-state index in [-0.39, 0.29) is 29.3 Å². The summed E-state index contributed by atoms with van der Waals surface area (Å²) in [6, 6.07) is 0. The molecule has 8 atom stereocenters. The fourth-order valence-electron chi connectivity index (χ4n) is 8.09. The fraction of sp³-hybridized carbons (Fsp3) is 0.760. The van der Waals surface area contributed by atoms with E-state index in [1.165, 1.54) is 25.3 Å². The molecule has 4 unspecified atom stereocenters. The molecule has 0 aromatic carbocycles. The van der Waals surface area contributed by atoms with Crippen LogP contribution in [0.1, 0.15) is 58.8 Å². The van der Waals surface area contributed by atoms with Gasteiger partial charge in [0.15, 0.2) is 5.78 Å². The van der Waals surface area contributed by atoms with Crippen LogP contribution in [0.2, 0.25) is 0 Å². The Morgan fingerprint density at radius 3 is 2.90 bits per heavy atom. The second-order valence-corrected chi connectivity index (χ2v) is 10.8. The minimum atomic E-state index is -1.10. The molecule has 1 saturated heterocycles. The van der Waals surface area contributed by atoms with Gasteiger partial charge in [-0.15, -0.1) is 0 Å². The SMILES string of the molecule is C=C(COC(=O)C(C)O)[C@H]1CCC2C3C[C@H]4OC[C@@]5(CCC(=O)C=C45)C3CC[C@@]21C. The van der Waals surface area contributed by atoms with Crippen molar-refractivity contribution in [3.63, 3.8) is 0 Å². The summed E-state index contributed by atoms with van der Waals surface area (Å²) < 4.78 is 11.6. The van der Waals surface area contributed by atoms with Gasteiger partial charge < -0.3 is 14.6 Å². The first-order valence-electron chi connectivity index (χ1n) is 11.6. The van der Waals surface area contributed by atoms with E-state index in [1.54, 1.807) is 0 Å². The van der Waals surface area contributed by atoms with Gasteiger partial charge in [0.05, 0.1) is 12.7 Å². The van der Waals surface area contributed by atoms with Gasteiger partial charge in [-0.25, -0.2) is 4.79 Å². The maximum Gasteiger partial charge on any atom is 0.334 e. The molecule has 5 nitrogen and oxygen atoms in total. The topological polar surface area (TPSA) is 72.8 Å². The molecule has 2 bridgehead atoms. The van der Waals surface area contributed by atoms with E-state index >= 15 is 0 Å². The summed E-state index contributed by atoms with van der Waals surface area (Å²) in [5.41, 5.74) is 2.58. The number of aliphatic hydroxyl groups is 1. The molecule has 0 aromatic rings. The second kappa shape index (κ2) is 7.03. The van der Waals surface area contributed by atoms with Crippen molar-refractivity contribution in [2.75, 3.05) is 13.2 Å². The molecule has 0 spiro atoms. The molecule has 1 N–H and O–H groups in total. The highest BCUT2D eigenvalue weighted by atomic mass is 16.5. The molecule has 5 aliphatic rings. The van der Waals surface area contributed by atoms with Crippen LogP contribution in [0.5, 0.6) is 0 Å². The summed E-state index contributed by atoms with van der Waals surface area (Å²) in [4.78, 5) is 23.8. The van der Waals surface area contributed by atoms with Crippen LogP contribution < -0.4 is 0 Å². The third-order valence-corrected chi connectivity index (χ3v) is 9.46. The Labute approximate surface area is 178 Å². The molecule has 3 saturated carbocycles. The highest BCUT2D eigenvalue weighted by Gasteiger charge is 2.64. The number of hydrogen-bond donors (Lipinski definition) is 1. The van der Waals surface area contributed by atoms with Gasteiger partial charge in [0.1, 0.15) is 12.7 Å². The monoisotopic (exact) mass is 414 g/mol. The van der Waals surface area contributed by atoms with Crippen LogP contribution in [0, 0.1) is 34.5 Å². The fourth-order valence-corrected chi connectivity index (χ4v) is 8.09. The lowest BCUT2D eigenvalue weighted by molar-refractivity contribution is -0.151. The third-order valence-electron chi connectivity index (χ3n) is 9.46. The number of ketones is 1. The van der Waals surface area contributed by atoms with Crippen LogP contribution in [0.4, 0.5) is 0 Å². The van der Waals surface area contributed by atoms with Crippen molar-refractivity contribution in [2.24, 2.45) is 34.5 Å². The minimum absolute atomic E-state index is 0.102. The Kier molecular flexibility index (Phi) is 4.79. The van der Waals surface area contributed by atoms with Crippen LogP contribution in [-0.4, -0.2) is 42.3 Å². The summed E-state index contributed by atoms with van der Waals surface area (Å²) in [5.74, 6) is 1.94. The van der Waals surface area contributed by atoms with Gasteiger partial charge in [0.25, 0.3) is 0 Å². The van der Waals surface area contributed by atoms with Gasteiger partial charge >= 0.3 is 5.97 Å². The standard InChI is InChI=1S/C25H34O5/c1-14(12-29-23(28)15(2)26)18-4-5-19-17-11-22-21-10-16(27)6-9-25(21,13-30-22)20(17)7-8-24(18,19)3/h10,15,17-20,22,26H,1,4-9,11-13H2,2-3H3/t15?,17?,18-,19?,20?,22-,24-,25+/m1/s1. The Bertz CT molecular complexity index is 812. The summed E-state index contributed by atoms with van der Waals surface area (Å²) in [7, 11) is 0. The van der Waals surface area contributed by atoms with Crippen LogP contribution in [-0.2, 0) is 19.1 Å². The van der Waals surface area contributed by atoms with Crippen molar-refractivity contribution in [3.05, 3.63) is 23.8 Å². The van der Waals surface area contributed by atoms with Crippen LogP contribution in [0.25, 0.3) is 0 Å². The first kappa shape index (κ1) is 20.4. The van der Waals surface area contributed by atoms with Crippen molar-refractivity contribution in [1.29, 1.82) is 0 Å². The average Bonchev–Trinajstić information content (AvgIpc) is 3.19. The normalized spacial score (nSPS) is 45.1. The van der Waals surface area contributed by atoms with E-state index in [2.05, 4.69) is 13.5 Å². The van der Waals surface area contributed by atoms with Crippen molar-refractivity contribution in [1.82, 2.24) is 0 Å². The van der Waals surface area contributed by atoms with E-state index in [1.807, 2.05) is 6.08 Å². The lowest BCUT2D eigenvalue weighted by Gasteiger charge is -2.57. The highest BCUT2D eigenvalue weighted by molar-refractivity contribution is 5.92. The van der Waals surface area contributed by atoms with Crippen molar-refractivity contribution < 1.29 is 24.2 Å².